The van der Waals surface area contributed by atoms with Gasteiger partial charge in [-0.05, 0) is 55.3 Å². The fourth-order valence-corrected chi connectivity index (χ4v) is 4.79. The molecule has 0 saturated carbocycles. The summed E-state index contributed by atoms with van der Waals surface area (Å²) in [6.07, 6.45) is 6.46. The molecule has 168 valence electrons. The van der Waals surface area contributed by atoms with Gasteiger partial charge in [0.05, 0.1) is 17.2 Å². The number of para-hydroxylation sites is 1. The smallest absolute Gasteiger partial charge is 0.266 e. The molecule has 2 aromatic carbocycles. The summed E-state index contributed by atoms with van der Waals surface area (Å²) in [4.78, 5) is 15.0. The van der Waals surface area contributed by atoms with Gasteiger partial charge in [0, 0.05) is 23.9 Å². The molecule has 4 rings (SSSR count). The topological polar surface area (TPSA) is 47.4 Å². The Labute approximate surface area is 203 Å². The lowest BCUT2D eigenvalue weighted by Crippen LogP contribution is -2.27. The zero-order chi connectivity index (χ0) is 23.4. The van der Waals surface area contributed by atoms with E-state index in [4.69, 9.17) is 22.1 Å². The summed E-state index contributed by atoms with van der Waals surface area (Å²) in [5, 5.41) is 4.87. The lowest BCUT2D eigenvalue weighted by atomic mass is 10.0. The van der Waals surface area contributed by atoms with Crippen molar-refractivity contribution in [3.63, 3.8) is 0 Å². The van der Waals surface area contributed by atoms with Crippen LogP contribution < -0.4 is 4.74 Å². The minimum Gasteiger partial charge on any atom is -0.493 e. The van der Waals surface area contributed by atoms with E-state index < -0.39 is 0 Å². The number of nitrogens with zero attached hydrogens (tertiary/aromatic N) is 3. The number of amides is 1. The van der Waals surface area contributed by atoms with E-state index >= 15 is 0 Å². The van der Waals surface area contributed by atoms with Crippen LogP contribution in [0.5, 0.6) is 5.75 Å². The minimum atomic E-state index is -0.109. The summed E-state index contributed by atoms with van der Waals surface area (Å²) in [5.74, 6) is 0.762. The summed E-state index contributed by atoms with van der Waals surface area (Å²) in [6.45, 7) is 8.92. The lowest BCUT2D eigenvalue weighted by molar-refractivity contribution is -0.121. The van der Waals surface area contributed by atoms with Crippen molar-refractivity contribution >= 4 is 40.3 Å². The van der Waals surface area contributed by atoms with Crippen molar-refractivity contribution in [2.45, 2.75) is 20.3 Å². The maximum absolute atomic E-state index is 12.9. The number of hydrogen-bond donors (Lipinski definition) is 0. The molecule has 5 nitrogen and oxygen atoms in total. The molecular formula is C26H25N3O2S2. The summed E-state index contributed by atoms with van der Waals surface area (Å²) in [5.41, 5.74) is 4.58. The molecule has 0 bridgehead atoms. The van der Waals surface area contributed by atoms with Crippen molar-refractivity contribution in [2.24, 2.45) is 0 Å². The Morgan fingerprint density at radius 3 is 2.70 bits per heavy atom. The Balaban J connectivity index is 1.78. The number of benzene rings is 2. The minimum absolute atomic E-state index is 0.109. The average molecular weight is 476 g/mol. The Kier molecular flexibility index (Phi) is 7.11. The number of aromatic nitrogens is 2. The fourth-order valence-electron chi connectivity index (χ4n) is 3.53. The van der Waals surface area contributed by atoms with Crippen LogP contribution in [0.25, 0.3) is 23.0 Å². The first-order valence-corrected chi connectivity index (χ1v) is 12.0. The summed E-state index contributed by atoms with van der Waals surface area (Å²) >= 11 is 6.70. The van der Waals surface area contributed by atoms with E-state index in [2.05, 4.69) is 19.6 Å². The second-order valence-electron chi connectivity index (χ2n) is 7.62. The van der Waals surface area contributed by atoms with Crippen LogP contribution in [0, 0.1) is 6.92 Å². The number of hydrogen-bond acceptors (Lipinski definition) is 5. The Morgan fingerprint density at radius 2 is 2.00 bits per heavy atom. The standard InChI is InChI=1S/C26H25N3O2S2/c1-4-13-28-25(30)23(33-26(28)32)16-20-17-29(21-9-7-6-8-10-21)27-24(20)19-11-12-22(18(3)15-19)31-14-5-2/h4,6-12,15-17H,1,5,13-14H2,2-3H3/b23-16-. The van der Waals surface area contributed by atoms with Crippen LogP contribution in [-0.2, 0) is 4.79 Å². The van der Waals surface area contributed by atoms with E-state index in [1.165, 1.54) is 11.8 Å². The summed E-state index contributed by atoms with van der Waals surface area (Å²) in [6, 6.07) is 16.0. The molecule has 0 unspecified atom stereocenters. The predicted octanol–water partition coefficient (Wildman–Crippen LogP) is 6.02. The third-order valence-electron chi connectivity index (χ3n) is 5.15. The van der Waals surface area contributed by atoms with Crippen LogP contribution in [0.1, 0.15) is 24.5 Å². The normalized spacial score (nSPS) is 14.8. The molecule has 1 aliphatic rings. The first-order valence-electron chi connectivity index (χ1n) is 10.8. The number of rotatable bonds is 8. The van der Waals surface area contributed by atoms with E-state index in [1.807, 2.05) is 66.3 Å². The first kappa shape index (κ1) is 23.0. The van der Waals surface area contributed by atoms with Gasteiger partial charge in [0.2, 0.25) is 0 Å². The average Bonchev–Trinajstić information content (AvgIpc) is 3.36. The van der Waals surface area contributed by atoms with Crippen LogP contribution in [0.4, 0.5) is 0 Å². The van der Waals surface area contributed by atoms with E-state index in [9.17, 15) is 4.79 Å². The van der Waals surface area contributed by atoms with Gasteiger partial charge < -0.3 is 4.74 Å². The maximum atomic E-state index is 12.9. The largest absolute Gasteiger partial charge is 0.493 e. The highest BCUT2D eigenvalue weighted by Crippen LogP contribution is 2.35. The van der Waals surface area contributed by atoms with Crippen molar-refractivity contribution in [3.8, 4) is 22.7 Å². The quantitative estimate of drug-likeness (QED) is 0.226. The van der Waals surface area contributed by atoms with Gasteiger partial charge >= 0.3 is 0 Å². The summed E-state index contributed by atoms with van der Waals surface area (Å²) < 4.78 is 8.21. The van der Waals surface area contributed by atoms with Gasteiger partial charge in [-0.2, -0.15) is 5.10 Å². The molecule has 0 aliphatic carbocycles. The van der Waals surface area contributed by atoms with Gasteiger partial charge in [0.1, 0.15) is 15.8 Å². The van der Waals surface area contributed by atoms with E-state index in [1.54, 1.807) is 11.0 Å². The highest BCUT2D eigenvalue weighted by molar-refractivity contribution is 8.26. The van der Waals surface area contributed by atoms with E-state index in [0.29, 0.717) is 22.4 Å². The van der Waals surface area contributed by atoms with Crippen molar-refractivity contribution in [3.05, 3.63) is 83.4 Å². The molecule has 1 fully saturated rings. The van der Waals surface area contributed by atoms with Gasteiger partial charge in [-0.3, -0.25) is 9.69 Å². The zero-order valence-corrected chi connectivity index (χ0v) is 20.3. The number of thioether (sulfide) groups is 1. The summed E-state index contributed by atoms with van der Waals surface area (Å²) in [7, 11) is 0. The molecule has 0 N–H and O–H groups in total. The number of ether oxygens (including phenoxy) is 1. The molecule has 7 heteroatoms. The van der Waals surface area contributed by atoms with Gasteiger partial charge in [-0.25, -0.2) is 4.68 Å². The number of thiocarbonyl (C=S) groups is 1. The van der Waals surface area contributed by atoms with Crippen molar-refractivity contribution in [2.75, 3.05) is 13.2 Å². The Bertz CT molecular complexity index is 1230. The lowest BCUT2D eigenvalue weighted by Gasteiger charge is -2.10. The van der Waals surface area contributed by atoms with Crippen molar-refractivity contribution < 1.29 is 9.53 Å². The van der Waals surface area contributed by atoms with Gasteiger partial charge in [-0.15, -0.1) is 6.58 Å². The van der Waals surface area contributed by atoms with Crippen molar-refractivity contribution in [1.82, 2.24) is 14.7 Å². The molecule has 2 heterocycles. The molecule has 1 aromatic heterocycles. The van der Waals surface area contributed by atoms with E-state index in [0.717, 1.165) is 40.2 Å². The van der Waals surface area contributed by atoms with Crippen LogP contribution in [-0.4, -0.2) is 38.1 Å². The van der Waals surface area contributed by atoms with Gasteiger partial charge in [-0.1, -0.05) is 55.2 Å². The molecule has 1 aliphatic heterocycles. The third kappa shape index (κ3) is 4.94. The van der Waals surface area contributed by atoms with Gasteiger partial charge in [0.15, 0.2) is 0 Å². The van der Waals surface area contributed by atoms with Gasteiger partial charge in [0.25, 0.3) is 5.91 Å². The molecule has 0 spiro atoms. The molecule has 3 aromatic rings. The molecule has 1 amide bonds. The Hall–Kier alpha value is -3.16. The second kappa shape index (κ2) is 10.2. The molecule has 0 atom stereocenters. The molecular weight excluding hydrogens is 450 g/mol. The van der Waals surface area contributed by atoms with Crippen LogP contribution in [0.3, 0.4) is 0 Å². The highest BCUT2D eigenvalue weighted by atomic mass is 32.2. The van der Waals surface area contributed by atoms with Crippen LogP contribution in [0.15, 0.2) is 72.3 Å². The second-order valence-corrected chi connectivity index (χ2v) is 9.30. The Morgan fingerprint density at radius 1 is 1.21 bits per heavy atom. The SMILES string of the molecule is C=CCN1C(=O)/C(=C/c2cn(-c3ccccc3)nc2-c2ccc(OCCC)c(C)c2)SC1=S. The predicted molar refractivity (Wildman–Crippen MR) is 140 cm³/mol. The number of carbonyl (C=O) groups is 1. The molecule has 1 saturated heterocycles. The third-order valence-corrected chi connectivity index (χ3v) is 6.52. The van der Waals surface area contributed by atoms with Crippen LogP contribution >= 0.6 is 24.0 Å². The van der Waals surface area contributed by atoms with E-state index in [-0.39, 0.29) is 5.91 Å². The first-order chi connectivity index (χ1) is 16.0. The zero-order valence-electron chi connectivity index (χ0n) is 18.7. The molecule has 33 heavy (non-hydrogen) atoms. The highest BCUT2D eigenvalue weighted by Gasteiger charge is 2.31. The van der Waals surface area contributed by atoms with Crippen LogP contribution in [0.2, 0.25) is 0 Å². The van der Waals surface area contributed by atoms with Crippen molar-refractivity contribution in [1.29, 1.82) is 0 Å². The number of carbonyl (C=O) groups excluding carboxylic acids is 1. The maximum Gasteiger partial charge on any atom is 0.266 e. The monoisotopic (exact) mass is 475 g/mol. The number of aryl methyl sites for hydroxylation is 1. The fraction of sp³-hybridized carbons (Fsp3) is 0.192. The molecule has 0 radical (unpaired) electrons.